The van der Waals surface area contributed by atoms with Crippen molar-refractivity contribution in [3.63, 3.8) is 0 Å². The van der Waals surface area contributed by atoms with Crippen molar-refractivity contribution in [1.82, 2.24) is 4.98 Å². The average Bonchev–Trinajstić information content (AvgIpc) is 2.29. The van der Waals surface area contributed by atoms with Crippen LogP contribution in [0.5, 0.6) is 5.75 Å². The van der Waals surface area contributed by atoms with Gasteiger partial charge in [0.1, 0.15) is 11.3 Å². The average molecular weight is 239 g/mol. The lowest BCUT2D eigenvalue weighted by atomic mass is 10.1. The van der Waals surface area contributed by atoms with Crippen LogP contribution in [-0.4, -0.2) is 35.2 Å². The van der Waals surface area contributed by atoms with Gasteiger partial charge in [0.25, 0.3) is 0 Å². The lowest BCUT2D eigenvalue weighted by molar-refractivity contribution is 0.0475. The molecular weight excluding hydrogens is 226 g/mol. The number of esters is 2. The van der Waals surface area contributed by atoms with Crippen LogP contribution in [0.4, 0.5) is 0 Å². The summed E-state index contributed by atoms with van der Waals surface area (Å²) < 4.78 is 9.50. The molecule has 1 heterocycles. The van der Waals surface area contributed by atoms with Crippen LogP contribution in [0.15, 0.2) is 12.4 Å². The van der Waals surface area contributed by atoms with Gasteiger partial charge in [0.05, 0.1) is 25.0 Å². The van der Waals surface area contributed by atoms with E-state index in [4.69, 9.17) is 9.47 Å². The number of hydrogen-bond donors (Lipinski definition) is 1. The summed E-state index contributed by atoms with van der Waals surface area (Å²) >= 11 is 0. The molecule has 0 fully saturated rings. The van der Waals surface area contributed by atoms with E-state index in [2.05, 4.69) is 4.98 Å². The van der Waals surface area contributed by atoms with Gasteiger partial charge in [0, 0.05) is 6.20 Å². The molecule has 6 heteroatoms. The third-order valence-electron chi connectivity index (χ3n) is 1.90. The van der Waals surface area contributed by atoms with Crippen LogP contribution < -0.4 is 0 Å². The summed E-state index contributed by atoms with van der Waals surface area (Å²) in [6.07, 6.45) is 2.22. The molecule has 1 aromatic heterocycles. The fraction of sp³-hybridized carbons (Fsp3) is 0.364. The molecule has 0 aliphatic heterocycles. The monoisotopic (exact) mass is 239 g/mol. The van der Waals surface area contributed by atoms with E-state index in [9.17, 15) is 14.7 Å². The van der Waals surface area contributed by atoms with Gasteiger partial charge in [-0.15, -0.1) is 0 Å². The van der Waals surface area contributed by atoms with Crippen LogP contribution in [0.2, 0.25) is 0 Å². The Morgan fingerprint density at radius 1 is 1.18 bits per heavy atom. The van der Waals surface area contributed by atoms with Gasteiger partial charge in [-0.3, -0.25) is 4.98 Å². The Morgan fingerprint density at radius 2 is 1.76 bits per heavy atom. The van der Waals surface area contributed by atoms with E-state index >= 15 is 0 Å². The first-order valence-electron chi connectivity index (χ1n) is 5.13. The second-order valence-electron chi connectivity index (χ2n) is 3.02. The Hall–Kier alpha value is -2.11. The minimum Gasteiger partial charge on any atom is -0.505 e. The first-order valence-corrected chi connectivity index (χ1v) is 5.13. The maximum absolute atomic E-state index is 11.6. The molecular formula is C11H13NO5. The van der Waals surface area contributed by atoms with E-state index < -0.39 is 17.7 Å². The van der Waals surface area contributed by atoms with E-state index in [0.717, 1.165) is 12.4 Å². The molecule has 0 unspecified atom stereocenters. The van der Waals surface area contributed by atoms with Gasteiger partial charge < -0.3 is 14.6 Å². The number of carbonyl (C=O) groups is 2. The third-order valence-corrected chi connectivity index (χ3v) is 1.90. The fourth-order valence-electron chi connectivity index (χ4n) is 1.23. The Kier molecular flexibility index (Phi) is 4.45. The molecule has 6 nitrogen and oxygen atoms in total. The quantitative estimate of drug-likeness (QED) is 0.793. The molecule has 0 spiro atoms. The summed E-state index contributed by atoms with van der Waals surface area (Å²) in [5.74, 6) is -1.91. The first-order chi connectivity index (χ1) is 8.11. The van der Waals surface area contributed by atoms with Crippen LogP contribution in [-0.2, 0) is 9.47 Å². The minimum atomic E-state index is -0.782. The highest BCUT2D eigenvalue weighted by molar-refractivity contribution is 6.04. The molecule has 0 saturated carbocycles. The van der Waals surface area contributed by atoms with Crippen molar-refractivity contribution in [3.8, 4) is 5.75 Å². The number of rotatable bonds is 4. The molecule has 1 rings (SSSR count). The van der Waals surface area contributed by atoms with Crippen molar-refractivity contribution in [2.75, 3.05) is 13.2 Å². The maximum Gasteiger partial charge on any atom is 0.342 e. The van der Waals surface area contributed by atoms with Crippen molar-refractivity contribution >= 4 is 11.9 Å². The van der Waals surface area contributed by atoms with Gasteiger partial charge in [-0.25, -0.2) is 9.59 Å². The van der Waals surface area contributed by atoms with Gasteiger partial charge in [0.2, 0.25) is 0 Å². The van der Waals surface area contributed by atoms with Crippen LogP contribution in [0, 0.1) is 0 Å². The van der Waals surface area contributed by atoms with E-state index in [1.165, 1.54) is 0 Å². The molecule has 0 aliphatic rings. The molecule has 92 valence electrons. The zero-order chi connectivity index (χ0) is 12.8. The van der Waals surface area contributed by atoms with Gasteiger partial charge in [0.15, 0.2) is 0 Å². The van der Waals surface area contributed by atoms with E-state index in [0.29, 0.717) is 0 Å². The molecule has 0 atom stereocenters. The fourth-order valence-corrected chi connectivity index (χ4v) is 1.23. The van der Waals surface area contributed by atoms with Crippen molar-refractivity contribution in [3.05, 3.63) is 23.5 Å². The standard InChI is InChI=1S/C11H13NO5/c1-3-16-10(14)7-5-12-6-8(13)9(7)11(15)17-4-2/h5-6,13H,3-4H2,1-2H3. The van der Waals surface area contributed by atoms with E-state index in [-0.39, 0.29) is 24.3 Å². The summed E-state index contributed by atoms with van der Waals surface area (Å²) in [6.45, 7) is 3.57. The zero-order valence-corrected chi connectivity index (χ0v) is 9.60. The Balaban J connectivity index is 3.17. The number of pyridine rings is 1. The van der Waals surface area contributed by atoms with E-state index in [1.807, 2.05) is 0 Å². The van der Waals surface area contributed by atoms with Crippen molar-refractivity contribution in [2.24, 2.45) is 0 Å². The van der Waals surface area contributed by atoms with Crippen LogP contribution >= 0.6 is 0 Å². The van der Waals surface area contributed by atoms with Gasteiger partial charge in [-0.05, 0) is 13.8 Å². The molecule has 17 heavy (non-hydrogen) atoms. The Labute approximate surface area is 98.2 Å². The second-order valence-corrected chi connectivity index (χ2v) is 3.02. The lowest BCUT2D eigenvalue weighted by Crippen LogP contribution is -2.14. The maximum atomic E-state index is 11.6. The minimum absolute atomic E-state index is 0.106. The summed E-state index contributed by atoms with van der Waals surface area (Å²) in [4.78, 5) is 26.8. The van der Waals surface area contributed by atoms with Crippen molar-refractivity contribution in [1.29, 1.82) is 0 Å². The lowest BCUT2D eigenvalue weighted by Gasteiger charge is -2.08. The van der Waals surface area contributed by atoms with Gasteiger partial charge in [-0.1, -0.05) is 0 Å². The molecule has 1 aromatic rings. The summed E-state index contributed by atoms with van der Waals surface area (Å²) in [7, 11) is 0. The predicted octanol–water partition coefficient (Wildman–Crippen LogP) is 1.14. The first kappa shape index (κ1) is 13.0. The summed E-state index contributed by atoms with van der Waals surface area (Å²) in [5, 5.41) is 9.53. The highest BCUT2D eigenvalue weighted by Crippen LogP contribution is 2.21. The topological polar surface area (TPSA) is 85.7 Å². The normalized spacial score (nSPS) is 9.76. The van der Waals surface area contributed by atoms with E-state index in [1.54, 1.807) is 13.8 Å². The third kappa shape index (κ3) is 2.93. The molecule has 0 aliphatic carbocycles. The number of carbonyl (C=O) groups excluding carboxylic acids is 2. The number of ether oxygens (including phenoxy) is 2. The van der Waals surface area contributed by atoms with Crippen LogP contribution in [0.3, 0.4) is 0 Å². The molecule has 1 N–H and O–H groups in total. The molecule has 0 amide bonds. The predicted molar refractivity (Wildman–Crippen MR) is 57.8 cm³/mol. The van der Waals surface area contributed by atoms with Crippen LogP contribution in [0.1, 0.15) is 34.6 Å². The Morgan fingerprint density at radius 3 is 2.35 bits per heavy atom. The molecule has 0 saturated heterocycles. The van der Waals surface area contributed by atoms with Gasteiger partial charge >= 0.3 is 11.9 Å². The van der Waals surface area contributed by atoms with Crippen LogP contribution in [0.25, 0.3) is 0 Å². The number of hydrogen-bond acceptors (Lipinski definition) is 6. The number of aromatic nitrogens is 1. The summed E-state index contributed by atoms with van der Waals surface area (Å²) in [6, 6.07) is 0. The molecule has 0 bridgehead atoms. The van der Waals surface area contributed by atoms with Crippen molar-refractivity contribution < 1.29 is 24.2 Å². The second kappa shape index (κ2) is 5.83. The zero-order valence-electron chi connectivity index (χ0n) is 9.60. The largest absolute Gasteiger partial charge is 0.505 e. The molecule has 0 radical (unpaired) electrons. The highest BCUT2D eigenvalue weighted by Gasteiger charge is 2.23. The van der Waals surface area contributed by atoms with Crippen molar-refractivity contribution in [2.45, 2.75) is 13.8 Å². The Bertz CT molecular complexity index is 430. The highest BCUT2D eigenvalue weighted by atomic mass is 16.5. The molecule has 0 aromatic carbocycles. The number of aromatic hydroxyl groups is 1. The smallest absolute Gasteiger partial charge is 0.342 e. The number of nitrogens with zero attached hydrogens (tertiary/aromatic N) is 1. The SMILES string of the molecule is CCOC(=O)c1cncc(O)c1C(=O)OCC. The van der Waals surface area contributed by atoms with Gasteiger partial charge in [-0.2, -0.15) is 0 Å². The summed E-state index contributed by atoms with van der Waals surface area (Å²) in [5.41, 5.74) is -0.328.